The predicted octanol–water partition coefficient (Wildman–Crippen LogP) is 1.13. The van der Waals surface area contributed by atoms with Crippen LogP contribution in [0.15, 0.2) is 12.4 Å². The van der Waals surface area contributed by atoms with E-state index in [0.717, 1.165) is 19.3 Å². The first-order chi connectivity index (χ1) is 9.49. The number of nitrogens with one attached hydrogen (secondary N) is 1. The van der Waals surface area contributed by atoms with Gasteiger partial charge in [0.15, 0.2) is 6.04 Å². The number of nitrogens with zero attached hydrogens (tertiary/aromatic N) is 3. The molecule has 1 aliphatic rings. The smallest absolute Gasteiger partial charge is 0.331 e. The van der Waals surface area contributed by atoms with Gasteiger partial charge in [0.2, 0.25) is 0 Å². The van der Waals surface area contributed by atoms with Crippen molar-refractivity contribution in [2.75, 3.05) is 6.54 Å². The van der Waals surface area contributed by atoms with Crippen LogP contribution in [0.25, 0.3) is 0 Å². The van der Waals surface area contributed by atoms with Crippen LogP contribution in [0.3, 0.4) is 0 Å². The van der Waals surface area contributed by atoms with Crippen molar-refractivity contribution in [1.29, 1.82) is 0 Å². The summed E-state index contributed by atoms with van der Waals surface area (Å²) in [5.74, 6) is -1.09. The molecular weight excluding hydrogens is 260 g/mol. The SMILES string of the molecule is CC1CCCCN1C(=O)NC(C(=O)O)c1cnn(C)c1. The van der Waals surface area contributed by atoms with Gasteiger partial charge in [-0.1, -0.05) is 0 Å². The van der Waals surface area contributed by atoms with E-state index in [2.05, 4.69) is 10.4 Å². The van der Waals surface area contributed by atoms with E-state index in [4.69, 9.17) is 0 Å². The number of carboxylic acids is 1. The molecule has 110 valence electrons. The molecule has 2 rings (SSSR count). The summed E-state index contributed by atoms with van der Waals surface area (Å²) in [7, 11) is 1.71. The predicted molar refractivity (Wildman–Crippen MR) is 72.1 cm³/mol. The maximum absolute atomic E-state index is 12.2. The molecule has 2 amide bonds. The molecule has 2 unspecified atom stereocenters. The summed E-state index contributed by atoms with van der Waals surface area (Å²) in [5, 5.41) is 15.8. The first kappa shape index (κ1) is 14.4. The minimum atomic E-state index is -1.09. The number of rotatable bonds is 3. The number of aromatic nitrogens is 2. The number of carboxylic acid groups (broad SMARTS) is 1. The zero-order valence-electron chi connectivity index (χ0n) is 11.7. The van der Waals surface area contributed by atoms with Crippen molar-refractivity contribution >= 4 is 12.0 Å². The van der Waals surface area contributed by atoms with Gasteiger partial charge in [0.05, 0.1) is 6.20 Å². The van der Waals surface area contributed by atoms with E-state index in [1.807, 2.05) is 6.92 Å². The zero-order chi connectivity index (χ0) is 14.7. The van der Waals surface area contributed by atoms with Gasteiger partial charge in [0.1, 0.15) is 0 Å². The van der Waals surface area contributed by atoms with E-state index >= 15 is 0 Å². The third-order valence-corrected chi connectivity index (χ3v) is 3.64. The number of amides is 2. The van der Waals surface area contributed by atoms with Crippen LogP contribution in [0.2, 0.25) is 0 Å². The van der Waals surface area contributed by atoms with Crippen LogP contribution in [-0.2, 0) is 11.8 Å². The van der Waals surface area contributed by atoms with E-state index in [1.54, 1.807) is 18.1 Å². The van der Waals surface area contributed by atoms with Crippen molar-refractivity contribution in [2.45, 2.75) is 38.3 Å². The number of hydrogen-bond donors (Lipinski definition) is 2. The number of urea groups is 1. The van der Waals surface area contributed by atoms with Gasteiger partial charge in [-0.2, -0.15) is 5.10 Å². The molecule has 1 saturated heterocycles. The Balaban J connectivity index is 2.08. The highest BCUT2D eigenvalue weighted by Crippen LogP contribution is 2.18. The Morgan fingerprint density at radius 1 is 1.50 bits per heavy atom. The zero-order valence-corrected chi connectivity index (χ0v) is 11.7. The fourth-order valence-corrected chi connectivity index (χ4v) is 2.48. The standard InChI is InChI=1S/C13H20N4O3/c1-9-5-3-4-6-17(9)13(20)15-11(12(18)19)10-7-14-16(2)8-10/h7-9,11H,3-6H2,1-2H3,(H,15,20)(H,18,19). The quantitative estimate of drug-likeness (QED) is 0.868. The summed E-state index contributed by atoms with van der Waals surface area (Å²) in [6, 6.07) is -1.24. The van der Waals surface area contributed by atoms with Crippen molar-refractivity contribution in [2.24, 2.45) is 7.05 Å². The van der Waals surface area contributed by atoms with Gasteiger partial charge in [0, 0.05) is 31.4 Å². The van der Waals surface area contributed by atoms with Crippen molar-refractivity contribution in [1.82, 2.24) is 20.0 Å². The Morgan fingerprint density at radius 2 is 2.25 bits per heavy atom. The molecule has 0 spiro atoms. The van der Waals surface area contributed by atoms with Crippen LogP contribution in [0, 0.1) is 0 Å². The molecule has 0 aromatic carbocycles. The van der Waals surface area contributed by atoms with E-state index in [0.29, 0.717) is 12.1 Å². The molecule has 1 aliphatic heterocycles. The largest absolute Gasteiger partial charge is 0.479 e. The van der Waals surface area contributed by atoms with Gasteiger partial charge in [0.25, 0.3) is 0 Å². The second-order valence-electron chi connectivity index (χ2n) is 5.21. The van der Waals surface area contributed by atoms with Crippen molar-refractivity contribution < 1.29 is 14.7 Å². The maximum Gasteiger partial charge on any atom is 0.331 e. The Morgan fingerprint density at radius 3 is 2.80 bits per heavy atom. The van der Waals surface area contributed by atoms with Gasteiger partial charge < -0.3 is 15.3 Å². The highest BCUT2D eigenvalue weighted by molar-refractivity contribution is 5.83. The average Bonchev–Trinajstić information content (AvgIpc) is 2.82. The third kappa shape index (κ3) is 3.09. The molecule has 0 bridgehead atoms. The van der Waals surface area contributed by atoms with Crippen LogP contribution in [-0.4, -0.2) is 44.4 Å². The van der Waals surface area contributed by atoms with Crippen LogP contribution < -0.4 is 5.32 Å². The second-order valence-corrected chi connectivity index (χ2v) is 5.21. The number of aliphatic carboxylic acids is 1. The lowest BCUT2D eigenvalue weighted by molar-refractivity contribution is -0.139. The number of carbonyl (C=O) groups excluding carboxylic acids is 1. The monoisotopic (exact) mass is 280 g/mol. The first-order valence-electron chi connectivity index (χ1n) is 6.77. The van der Waals surface area contributed by atoms with Crippen LogP contribution >= 0.6 is 0 Å². The van der Waals surface area contributed by atoms with E-state index in [1.165, 1.54) is 10.9 Å². The van der Waals surface area contributed by atoms with Crippen molar-refractivity contribution in [3.05, 3.63) is 18.0 Å². The molecule has 1 fully saturated rings. The van der Waals surface area contributed by atoms with Gasteiger partial charge in [-0.15, -0.1) is 0 Å². The molecule has 2 heterocycles. The molecule has 7 heteroatoms. The number of likely N-dealkylation sites (tertiary alicyclic amines) is 1. The summed E-state index contributed by atoms with van der Waals surface area (Å²) in [6.07, 6.45) is 6.08. The Labute approximate surface area is 117 Å². The highest BCUT2D eigenvalue weighted by atomic mass is 16.4. The Bertz CT molecular complexity index is 500. The first-order valence-corrected chi connectivity index (χ1v) is 6.77. The van der Waals surface area contributed by atoms with E-state index in [9.17, 15) is 14.7 Å². The minimum absolute atomic E-state index is 0.145. The molecule has 0 saturated carbocycles. The number of aryl methyl sites for hydroxylation is 1. The lowest BCUT2D eigenvalue weighted by Crippen LogP contribution is -2.49. The Hall–Kier alpha value is -2.05. The van der Waals surface area contributed by atoms with Gasteiger partial charge in [-0.05, 0) is 26.2 Å². The maximum atomic E-state index is 12.2. The van der Waals surface area contributed by atoms with Crippen LogP contribution in [0.5, 0.6) is 0 Å². The molecule has 2 N–H and O–H groups in total. The lowest BCUT2D eigenvalue weighted by Gasteiger charge is -2.34. The fraction of sp³-hybridized carbons (Fsp3) is 0.615. The van der Waals surface area contributed by atoms with E-state index < -0.39 is 12.0 Å². The summed E-state index contributed by atoms with van der Waals surface area (Å²) >= 11 is 0. The van der Waals surface area contributed by atoms with Gasteiger partial charge in [-0.3, -0.25) is 4.68 Å². The average molecular weight is 280 g/mol. The van der Waals surface area contributed by atoms with Crippen molar-refractivity contribution in [3.63, 3.8) is 0 Å². The molecule has 20 heavy (non-hydrogen) atoms. The van der Waals surface area contributed by atoms with Crippen LogP contribution in [0.1, 0.15) is 37.8 Å². The summed E-state index contributed by atoms with van der Waals surface area (Å²) < 4.78 is 1.51. The number of piperidine rings is 1. The van der Waals surface area contributed by atoms with E-state index in [-0.39, 0.29) is 12.1 Å². The number of carbonyl (C=O) groups is 2. The van der Waals surface area contributed by atoms with Gasteiger partial charge >= 0.3 is 12.0 Å². The van der Waals surface area contributed by atoms with Gasteiger partial charge in [-0.25, -0.2) is 9.59 Å². The topological polar surface area (TPSA) is 87.5 Å². The molecule has 1 aromatic heterocycles. The molecule has 7 nitrogen and oxygen atoms in total. The summed E-state index contributed by atoms with van der Waals surface area (Å²) in [5.41, 5.74) is 0.470. The second kappa shape index (κ2) is 5.94. The third-order valence-electron chi connectivity index (χ3n) is 3.64. The molecule has 1 aromatic rings. The highest BCUT2D eigenvalue weighted by Gasteiger charge is 2.29. The summed E-state index contributed by atoms with van der Waals surface area (Å²) in [4.78, 5) is 25.3. The van der Waals surface area contributed by atoms with Crippen molar-refractivity contribution in [3.8, 4) is 0 Å². The lowest BCUT2D eigenvalue weighted by atomic mass is 10.0. The van der Waals surface area contributed by atoms with Crippen LogP contribution in [0.4, 0.5) is 4.79 Å². The normalized spacial score (nSPS) is 20.5. The minimum Gasteiger partial charge on any atom is -0.479 e. The molecule has 0 aliphatic carbocycles. The molecule has 0 radical (unpaired) electrons. The molecular formula is C13H20N4O3. The Kier molecular flexibility index (Phi) is 4.26. The fourth-order valence-electron chi connectivity index (χ4n) is 2.48. The molecule has 2 atom stereocenters. The summed E-state index contributed by atoms with van der Waals surface area (Å²) in [6.45, 7) is 2.66. The number of hydrogen-bond acceptors (Lipinski definition) is 3.